The zero-order valence-electron chi connectivity index (χ0n) is 7.15. The van der Waals surface area contributed by atoms with Crippen molar-refractivity contribution in [3.63, 3.8) is 0 Å². The molecular weight excluding hydrogens is 168 g/mol. The van der Waals surface area contributed by atoms with Gasteiger partial charge in [0.2, 0.25) is 0 Å². The molecule has 0 aliphatic heterocycles. The van der Waals surface area contributed by atoms with Gasteiger partial charge < -0.3 is 4.74 Å². The normalized spacial score (nSPS) is 8.38. The number of carbonyl (C=O) groups is 1. The SMILES string of the molecule is COC(=O)CC#Cc1cncnc1. The second kappa shape index (κ2) is 4.88. The van der Waals surface area contributed by atoms with Gasteiger partial charge in [0, 0.05) is 12.4 Å². The summed E-state index contributed by atoms with van der Waals surface area (Å²) in [7, 11) is 1.33. The van der Waals surface area contributed by atoms with E-state index in [4.69, 9.17) is 0 Å². The number of ether oxygens (including phenoxy) is 1. The van der Waals surface area contributed by atoms with E-state index in [0.717, 1.165) is 0 Å². The van der Waals surface area contributed by atoms with Gasteiger partial charge in [0.25, 0.3) is 0 Å². The van der Waals surface area contributed by atoms with Gasteiger partial charge in [-0.2, -0.15) is 0 Å². The molecule has 0 saturated heterocycles. The molecule has 4 nitrogen and oxygen atoms in total. The maximum absolute atomic E-state index is 10.6. The lowest BCUT2D eigenvalue weighted by molar-refractivity contribution is -0.139. The minimum atomic E-state index is -0.343. The Balaban J connectivity index is 2.54. The molecule has 0 radical (unpaired) electrons. The zero-order valence-corrected chi connectivity index (χ0v) is 7.15. The summed E-state index contributed by atoms with van der Waals surface area (Å²) in [5, 5.41) is 0. The Morgan fingerprint density at radius 1 is 1.54 bits per heavy atom. The van der Waals surface area contributed by atoms with Gasteiger partial charge >= 0.3 is 5.97 Å². The molecule has 0 unspecified atom stereocenters. The first kappa shape index (κ1) is 9.20. The lowest BCUT2D eigenvalue weighted by Gasteiger charge is -1.89. The number of hydrogen-bond donors (Lipinski definition) is 0. The van der Waals surface area contributed by atoms with Gasteiger partial charge in [0.05, 0.1) is 12.7 Å². The van der Waals surface area contributed by atoms with E-state index in [1.807, 2.05) is 0 Å². The maximum Gasteiger partial charge on any atom is 0.317 e. The van der Waals surface area contributed by atoms with Crippen LogP contribution in [0.2, 0.25) is 0 Å². The third-order valence-electron chi connectivity index (χ3n) is 1.25. The molecule has 13 heavy (non-hydrogen) atoms. The second-order valence-corrected chi connectivity index (χ2v) is 2.18. The van der Waals surface area contributed by atoms with Gasteiger partial charge in [-0.1, -0.05) is 11.8 Å². The number of methoxy groups -OCH3 is 1. The number of carbonyl (C=O) groups excluding carboxylic acids is 1. The van der Waals surface area contributed by atoms with Crippen LogP contribution >= 0.6 is 0 Å². The zero-order chi connectivity index (χ0) is 9.52. The Kier molecular flexibility index (Phi) is 3.45. The predicted molar refractivity (Wildman–Crippen MR) is 45.5 cm³/mol. The molecule has 1 heterocycles. The Morgan fingerprint density at radius 2 is 2.23 bits per heavy atom. The lowest BCUT2D eigenvalue weighted by atomic mass is 10.3. The summed E-state index contributed by atoms with van der Waals surface area (Å²) in [5.74, 6) is 5.04. The van der Waals surface area contributed by atoms with Crippen molar-refractivity contribution in [2.75, 3.05) is 7.11 Å². The largest absolute Gasteiger partial charge is 0.468 e. The van der Waals surface area contributed by atoms with Crippen LogP contribution < -0.4 is 0 Å². The molecule has 1 rings (SSSR count). The maximum atomic E-state index is 10.6. The van der Waals surface area contributed by atoms with Gasteiger partial charge in [0.15, 0.2) is 0 Å². The van der Waals surface area contributed by atoms with E-state index in [2.05, 4.69) is 26.5 Å². The number of rotatable bonds is 1. The van der Waals surface area contributed by atoms with Gasteiger partial charge in [-0.05, 0) is 0 Å². The summed E-state index contributed by atoms with van der Waals surface area (Å²) >= 11 is 0. The summed E-state index contributed by atoms with van der Waals surface area (Å²) in [6.45, 7) is 0. The fraction of sp³-hybridized carbons (Fsp3) is 0.222. The van der Waals surface area contributed by atoms with Gasteiger partial charge in [-0.15, -0.1) is 0 Å². The first-order valence-electron chi connectivity index (χ1n) is 3.63. The van der Waals surface area contributed by atoms with Crippen LogP contribution in [0.25, 0.3) is 0 Å². The van der Waals surface area contributed by atoms with Crippen molar-refractivity contribution in [3.05, 3.63) is 24.3 Å². The third kappa shape index (κ3) is 3.34. The van der Waals surface area contributed by atoms with Crippen LogP contribution in [0.1, 0.15) is 12.0 Å². The van der Waals surface area contributed by atoms with Gasteiger partial charge in [0.1, 0.15) is 12.7 Å². The van der Waals surface area contributed by atoms with E-state index in [0.29, 0.717) is 5.56 Å². The molecule has 1 aromatic heterocycles. The highest BCUT2D eigenvalue weighted by Gasteiger charge is 1.93. The highest BCUT2D eigenvalue weighted by atomic mass is 16.5. The fourth-order valence-electron chi connectivity index (χ4n) is 0.654. The predicted octanol–water partition coefficient (Wildman–Crippen LogP) is 0.391. The van der Waals surface area contributed by atoms with Gasteiger partial charge in [-0.3, -0.25) is 4.79 Å². The fourth-order valence-corrected chi connectivity index (χ4v) is 0.654. The number of aromatic nitrogens is 2. The topological polar surface area (TPSA) is 52.1 Å². The Hall–Kier alpha value is -1.89. The van der Waals surface area contributed by atoms with Crippen LogP contribution in [0, 0.1) is 11.8 Å². The molecule has 0 spiro atoms. The van der Waals surface area contributed by atoms with E-state index in [9.17, 15) is 4.79 Å². The molecule has 1 aromatic rings. The molecule has 0 bridgehead atoms. The Morgan fingerprint density at radius 3 is 2.85 bits per heavy atom. The lowest BCUT2D eigenvalue weighted by Crippen LogP contribution is -1.97. The average molecular weight is 176 g/mol. The van der Waals surface area contributed by atoms with Crippen molar-refractivity contribution in [1.29, 1.82) is 0 Å². The van der Waals surface area contributed by atoms with E-state index >= 15 is 0 Å². The number of esters is 1. The van der Waals surface area contributed by atoms with Crippen LogP contribution in [0.4, 0.5) is 0 Å². The van der Waals surface area contributed by atoms with Crippen LogP contribution in [0.15, 0.2) is 18.7 Å². The highest BCUT2D eigenvalue weighted by molar-refractivity contribution is 5.72. The molecule has 0 N–H and O–H groups in total. The first-order chi connectivity index (χ1) is 6.33. The van der Waals surface area contributed by atoms with Crippen LogP contribution in [0.3, 0.4) is 0 Å². The molecule has 4 heteroatoms. The summed E-state index contributed by atoms with van der Waals surface area (Å²) < 4.78 is 4.42. The van der Waals surface area contributed by atoms with Crippen LogP contribution in [-0.2, 0) is 9.53 Å². The summed E-state index contributed by atoms with van der Waals surface area (Å²) in [5.41, 5.74) is 0.686. The summed E-state index contributed by atoms with van der Waals surface area (Å²) in [6.07, 6.45) is 4.67. The molecule has 0 atom stereocenters. The van der Waals surface area contributed by atoms with Crippen molar-refractivity contribution in [2.45, 2.75) is 6.42 Å². The number of hydrogen-bond acceptors (Lipinski definition) is 4. The molecular formula is C9H8N2O2. The van der Waals surface area contributed by atoms with Crippen molar-refractivity contribution in [3.8, 4) is 11.8 Å². The first-order valence-corrected chi connectivity index (χ1v) is 3.63. The van der Waals surface area contributed by atoms with E-state index < -0.39 is 0 Å². The molecule has 66 valence electrons. The van der Waals surface area contributed by atoms with Crippen molar-refractivity contribution in [2.24, 2.45) is 0 Å². The quantitative estimate of drug-likeness (QED) is 0.459. The molecule has 0 saturated carbocycles. The molecule has 0 aliphatic carbocycles. The van der Waals surface area contributed by atoms with Crippen LogP contribution in [-0.4, -0.2) is 23.0 Å². The van der Waals surface area contributed by atoms with E-state index in [1.54, 1.807) is 12.4 Å². The smallest absolute Gasteiger partial charge is 0.317 e. The molecule has 0 amide bonds. The summed E-state index contributed by atoms with van der Waals surface area (Å²) in [6, 6.07) is 0. The van der Waals surface area contributed by atoms with Gasteiger partial charge in [-0.25, -0.2) is 9.97 Å². The molecule has 0 aliphatic rings. The Labute approximate surface area is 76.0 Å². The number of nitrogens with zero attached hydrogens (tertiary/aromatic N) is 2. The monoisotopic (exact) mass is 176 g/mol. The Bertz CT molecular complexity index is 338. The van der Waals surface area contributed by atoms with Crippen LogP contribution in [0.5, 0.6) is 0 Å². The van der Waals surface area contributed by atoms with Crippen molar-refractivity contribution in [1.82, 2.24) is 9.97 Å². The molecule has 0 aromatic carbocycles. The van der Waals surface area contributed by atoms with E-state index in [1.165, 1.54) is 13.4 Å². The standard InChI is InChI=1S/C9H8N2O2/c1-13-9(12)4-2-3-8-5-10-7-11-6-8/h5-7H,4H2,1H3. The van der Waals surface area contributed by atoms with Crippen molar-refractivity contribution < 1.29 is 9.53 Å². The second-order valence-electron chi connectivity index (χ2n) is 2.18. The van der Waals surface area contributed by atoms with Crippen molar-refractivity contribution >= 4 is 5.97 Å². The third-order valence-corrected chi connectivity index (χ3v) is 1.25. The highest BCUT2D eigenvalue weighted by Crippen LogP contribution is 1.89. The minimum absolute atomic E-state index is 0.0887. The molecule has 0 fully saturated rings. The summed E-state index contributed by atoms with van der Waals surface area (Å²) in [4.78, 5) is 18.2. The minimum Gasteiger partial charge on any atom is -0.468 e. The average Bonchev–Trinajstić information content (AvgIpc) is 2.19. The van der Waals surface area contributed by atoms with E-state index in [-0.39, 0.29) is 12.4 Å².